The number of rotatable bonds is 5. The molecule has 2 N–H and O–H groups in total. The van der Waals surface area contributed by atoms with E-state index in [1.165, 1.54) is 0 Å². The van der Waals surface area contributed by atoms with E-state index >= 15 is 0 Å². The third kappa shape index (κ3) is 10.7. The van der Waals surface area contributed by atoms with Crippen molar-refractivity contribution in [2.24, 2.45) is 0 Å². The molecule has 0 unspecified atom stereocenters. The van der Waals surface area contributed by atoms with Gasteiger partial charge in [0.1, 0.15) is 0 Å². The molecule has 13 heavy (non-hydrogen) atoms. The zero-order valence-electron chi connectivity index (χ0n) is 6.36. The van der Waals surface area contributed by atoms with Crippen LogP contribution in [0.5, 0.6) is 0 Å². The first-order chi connectivity index (χ1) is 5.33. The van der Waals surface area contributed by atoms with Crippen molar-refractivity contribution in [2.75, 3.05) is 5.75 Å². The van der Waals surface area contributed by atoms with Gasteiger partial charge in [0.25, 0.3) is 10.1 Å². The Morgan fingerprint density at radius 3 is 2.15 bits per heavy atom. The summed E-state index contributed by atoms with van der Waals surface area (Å²) in [7, 11) is -3.98. The maximum absolute atomic E-state index is 10.2. The van der Waals surface area contributed by atoms with Crippen molar-refractivity contribution in [1.29, 1.82) is 0 Å². The van der Waals surface area contributed by atoms with Crippen LogP contribution in [0.4, 0.5) is 0 Å². The average Bonchev–Trinajstić information content (AvgIpc) is 1.84. The third-order valence-electron chi connectivity index (χ3n) is 1.18. The van der Waals surface area contributed by atoms with Gasteiger partial charge >= 0.3 is 57.4 Å². The quantitative estimate of drug-likeness (QED) is 0.385. The minimum absolute atomic E-state index is 0. The molecule has 0 aliphatic heterocycles. The van der Waals surface area contributed by atoms with Crippen LogP contribution in [-0.4, -0.2) is 81.2 Å². The van der Waals surface area contributed by atoms with Gasteiger partial charge in [-0.05, 0) is 12.8 Å². The molecule has 0 saturated carbocycles. The van der Waals surface area contributed by atoms with Gasteiger partial charge < -0.3 is 5.11 Å². The molecule has 5 nitrogen and oxygen atoms in total. The summed E-state index contributed by atoms with van der Waals surface area (Å²) in [6.45, 7) is 3.20. The van der Waals surface area contributed by atoms with Crippen LogP contribution in [0.2, 0.25) is 0 Å². The second kappa shape index (κ2) is 7.10. The number of aliphatic carboxylic acids is 1. The van der Waals surface area contributed by atoms with Crippen molar-refractivity contribution in [3.8, 4) is 0 Å². The Morgan fingerprint density at radius 1 is 1.38 bits per heavy atom. The Labute approximate surface area is 119 Å². The van der Waals surface area contributed by atoms with E-state index in [0.29, 0.717) is 0 Å². The molecule has 0 aromatic carbocycles. The molecule has 0 fully saturated rings. The zero-order valence-corrected chi connectivity index (χ0v) is 7.17. The van der Waals surface area contributed by atoms with Crippen LogP contribution in [0.25, 0.3) is 0 Å². The molecule has 0 aliphatic rings. The maximum atomic E-state index is 10.2. The monoisotopic (exact) mass is 234 g/mol. The summed E-state index contributed by atoms with van der Waals surface area (Å²) in [4.78, 5) is 10.1. The fourth-order valence-corrected chi connectivity index (χ4v) is 1.08. The van der Waals surface area contributed by atoms with Gasteiger partial charge in [-0.1, -0.05) is 6.58 Å². The van der Waals surface area contributed by atoms with Crippen LogP contribution >= 0.6 is 0 Å². The van der Waals surface area contributed by atoms with E-state index in [0.717, 1.165) is 0 Å². The Kier molecular flexibility index (Phi) is 8.85. The van der Waals surface area contributed by atoms with Gasteiger partial charge in [-0.25, -0.2) is 4.79 Å². The minimum atomic E-state index is -3.98. The number of carboxylic acids is 1. The average molecular weight is 234 g/mol. The van der Waals surface area contributed by atoms with Crippen LogP contribution in [0, 0.1) is 0 Å². The molecule has 0 rings (SSSR count). The Balaban J connectivity index is 0. The molecule has 72 valence electrons. The normalized spacial score (nSPS) is 10.2. The van der Waals surface area contributed by atoms with E-state index in [1.54, 1.807) is 0 Å². The van der Waals surface area contributed by atoms with E-state index < -0.39 is 21.8 Å². The molecular formula is C6H11KO5S. The number of hydrogen-bond donors (Lipinski definition) is 2. The molecule has 0 atom stereocenters. The van der Waals surface area contributed by atoms with Gasteiger partial charge in [-0.2, -0.15) is 8.42 Å². The second-order valence-corrected chi connectivity index (χ2v) is 3.87. The van der Waals surface area contributed by atoms with Crippen molar-refractivity contribution < 1.29 is 22.9 Å². The standard InChI is InChI=1S/C6H10O5S.K.H/c1-5(6(7)8)3-2-4-12(9,10)11;;/h1-4H2,(H,7,8)(H,9,10,11);;. The first kappa shape index (κ1) is 16.2. The van der Waals surface area contributed by atoms with E-state index in [4.69, 9.17) is 9.66 Å². The van der Waals surface area contributed by atoms with Crippen molar-refractivity contribution in [2.45, 2.75) is 12.8 Å². The van der Waals surface area contributed by atoms with Crippen molar-refractivity contribution in [1.82, 2.24) is 0 Å². The molecule has 0 aromatic rings. The summed E-state index contributed by atoms with van der Waals surface area (Å²) < 4.78 is 28.6. The van der Waals surface area contributed by atoms with E-state index in [-0.39, 0.29) is 69.8 Å². The van der Waals surface area contributed by atoms with Gasteiger partial charge in [0.15, 0.2) is 0 Å². The van der Waals surface area contributed by atoms with Gasteiger partial charge in [-0.3, -0.25) is 4.55 Å². The predicted molar refractivity (Wildman–Crippen MR) is 49.6 cm³/mol. The van der Waals surface area contributed by atoms with Gasteiger partial charge in [-0.15, -0.1) is 0 Å². The van der Waals surface area contributed by atoms with E-state index in [1.807, 2.05) is 0 Å². The van der Waals surface area contributed by atoms with Crippen LogP contribution in [-0.2, 0) is 14.9 Å². The molecule has 0 heterocycles. The third-order valence-corrected chi connectivity index (χ3v) is 1.99. The van der Waals surface area contributed by atoms with Crippen LogP contribution in [0.3, 0.4) is 0 Å². The molecule has 0 spiro atoms. The molecule has 7 heteroatoms. The molecule has 0 amide bonds. The Bertz CT molecular complexity index is 281. The SMILES string of the molecule is C=C(CCCS(=O)(=O)O)C(=O)O.[KH]. The summed E-state index contributed by atoms with van der Waals surface area (Å²) in [6.07, 6.45) is 0.138. The summed E-state index contributed by atoms with van der Waals surface area (Å²) in [5, 5.41) is 8.30. The summed E-state index contributed by atoms with van der Waals surface area (Å²) in [6, 6.07) is 0. The van der Waals surface area contributed by atoms with Gasteiger partial charge in [0.2, 0.25) is 0 Å². The first-order valence-electron chi connectivity index (χ1n) is 3.19. The Hall–Kier alpha value is 0.756. The number of carbonyl (C=O) groups is 1. The van der Waals surface area contributed by atoms with Crippen LogP contribution in [0.1, 0.15) is 12.8 Å². The summed E-state index contributed by atoms with van der Waals surface area (Å²) >= 11 is 0. The van der Waals surface area contributed by atoms with Crippen molar-refractivity contribution in [3.63, 3.8) is 0 Å². The van der Waals surface area contributed by atoms with Gasteiger partial charge in [0, 0.05) is 5.57 Å². The van der Waals surface area contributed by atoms with E-state index in [9.17, 15) is 13.2 Å². The molecular weight excluding hydrogens is 223 g/mol. The fourth-order valence-electron chi connectivity index (χ4n) is 0.575. The van der Waals surface area contributed by atoms with Crippen LogP contribution < -0.4 is 0 Å². The summed E-state index contributed by atoms with van der Waals surface area (Å²) in [5.74, 6) is -1.58. The second-order valence-electron chi connectivity index (χ2n) is 2.30. The molecule has 0 saturated heterocycles. The number of carboxylic acid groups (broad SMARTS) is 1. The molecule has 0 radical (unpaired) electrons. The molecule has 0 bridgehead atoms. The zero-order chi connectivity index (χ0) is 9.78. The number of hydrogen-bond acceptors (Lipinski definition) is 3. The topological polar surface area (TPSA) is 91.7 Å². The first-order valence-corrected chi connectivity index (χ1v) is 4.80. The molecule has 0 aliphatic carbocycles. The van der Waals surface area contributed by atoms with Crippen LogP contribution in [0.15, 0.2) is 12.2 Å². The van der Waals surface area contributed by atoms with Crippen molar-refractivity contribution in [3.05, 3.63) is 12.2 Å². The Morgan fingerprint density at radius 2 is 1.85 bits per heavy atom. The predicted octanol–water partition coefficient (Wildman–Crippen LogP) is -0.353. The van der Waals surface area contributed by atoms with Crippen molar-refractivity contribution >= 4 is 67.5 Å². The molecule has 0 aromatic heterocycles. The summed E-state index contributed by atoms with van der Waals surface area (Å²) in [5.41, 5.74) is -0.0568. The van der Waals surface area contributed by atoms with Gasteiger partial charge in [0.05, 0.1) is 5.75 Å². The fraction of sp³-hybridized carbons (Fsp3) is 0.500. The van der Waals surface area contributed by atoms with E-state index in [2.05, 4.69) is 6.58 Å².